The summed E-state index contributed by atoms with van der Waals surface area (Å²) >= 11 is 0. The van der Waals surface area contributed by atoms with Gasteiger partial charge in [0, 0.05) is 5.56 Å². The highest BCUT2D eigenvalue weighted by molar-refractivity contribution is 5.73. The molecule has 33 heavy (non-hydrogen) atoms. The zero-order valence-corrected chi connectivity index (χ0v) is 20.1. The van der Waals surface area contributed by atoms with Crippen molar-refractivity contribution in [3.63, 3.8) is 0 Å². The Balaban J connectivity index is 1.74. The first kappa shape index (κ1) is 26.8. The normalized spacial score (nSPS) is 14.7. The Morgan fingerprint density at radius 3 is 2.18 bits per heavy atom. The lowest BCUT2D eigenvalue weighted by Gasteiger charge is -2.18. The van der Waals surface area contributed by atoms with E-state index in [1.807, 2.05) is 0 Å². The molecule has 0 aliphatic heterocycles. The Morgan fingerprint density at radius 2 is 1.58 bits per heavy atom. The predicted octanol–water partition coefficient (Wildman–Crippen LogP) is 5.61. The van der Waals surface area contributed by atoms with Gasteiger partial charge in [-0.05, 0) is 83.3 Å². The zero-order chi connectivity index (χ0) is 24.5. The molecule has 4 N–H and O–H groups in total. The van der Waals surface area contributed by atoms with Gasteiger partial charge in [-0.25, -0.2) is 0 Å². The molecule has 1 aromatic carbocycles. The first-order valence-corrected chi connectivity index (χ1v) is 12.2. The average molecular weight is 465 g/mol. The SMILES string of the molecule is CC(C)(CCCCCCc1cc(O)c(O)c(CCCCCCC2(OC=O)CC2)c1O)C(=O)O. The van der Waals surface area contributed by atoms with Crippen molar-refractivity contribution in [3.8, 4) is 17.2 Å². The Morgan fingerprint density at radius 1 is 0.970 bits per heavy atom. The molecule has 0 saturated heterocycles. The lowest BCUT2D eigenvalue weighted by molar-refractivity contribution is -0.147. The summed E-state index contributed by atoms with van der Waals surface area (Å²) in [5.41, 5.74) is 0.104. The maximum atomic E-state index is 11.2. The van der Waals surface area contributed by atoms with Crippen molar-refractivity contribution in [1.82, 2.24) is 0 Å². The molecule has 2 rings (SSSR count). The number of hydrogen-bond acceptors (Lipinski definition) is 6. The van der Waals surface area contributed by atoms with E-state index >= 15 is 0 Å². The van der Waals surface area contributed by atoms with E-state index in [0.29, 0.717) is 36.9 Å². The summed E-state index contributed by atoms with van der Waals surface area (Å²) in [7, 11) is 0. The highest BCUT2D eigenvalue weighted by Crippen LogP contribution is 2.44. The second-order valence-electron chi connectivity index (χ2n) is 10.1. The molecule has 0 heterocycles. The molecule has 0 spiro atoms. The maximum absolute atomic E-state index is 11.2. The molecule has 0 amide bonds. The van der Waals surface area contributed by atoms with Crippen molar-refractivity contribution in [1.29, 1.82) is 0 Å². The summed E-state index contributed by atoms with van der Waals surface area (Å²) in [5.74, 6) is -1.17. The molecule has 7 heteroatoms. The number of phenols is 3. The van der Waals surface area contributed by atoms with Gasteiger partial charge in [0.1, 0.15) is 11.4 Å². The monoisotopic (exact) mass is 464 g/mol. The fourth-order valence-corrected chi connectivity index (χ4v) is 4.30. The number of aryl methyl sites for hydroxylation is 1. The molecule has 0 bridgehead atoms. The van der Waals surface area contributed by atoms with E-state index in [1.54, 1.807) is 13.8 Å². The molecule has 1 fully saturated rings. The number of aliphatic carboxylic acids is 1. The summed E-state index contributed by atoms with van der Waals surface area (Å²) in [6.07, 6.45) is 11.6. The molecule has 1 aliphatic rings. The summed E-state index contributed by atoms with van der Waals surface area (Å²) in [5, 5.41) is 40.2. The van der Waals surface area contributed by atoms with Gasteiger partial charge in [0.05, 0.1) is 5.41 Å². The number of phenolic OH excluding ortho intramolecular Hbond substituents is 3. The third kappa shape index (κ3) is 8.13. The smallest absolute Gasteiger partial charge is 0.309 e. The van der Waals surface area contributed by atoms with Crippen LogP contribution in [0, 0.1) is 5.41 Å². The fourth-order valence-electron chi connectivity index (χ4n) is 4.30. The summed E-state index contributed by atoms with van der Waals surface area (Å²) in [6.45, 7) is 4.01. The number of carboxylic acids is 1. The van der Waals surface area contributed by atoms with Gasteiger partial charge < -0.3 is 25.2 Å². The van der Waals surface area contributed by atoms with Crippen LogP contribution in [-0.4, -0.2) is 38.5 Å². The minimum atomic E-state index is -0.779. The van der Waals surface area contributed by atoms with Gasteiger partial charge in [-0.1, -0.05) is 32.1 Å². The summed E-state index contributed by atoms with van der Waals surface area (Å²) in [4.78, 5) is 21.7. The van der Waals surface area contributed by atoms with E-state index in [-0.39, 0.29) is 22.8 Å². The van der Waals surface area contributed by atoms with Crippen LogP contribution in [0.3, 0.4) is 0 Å². The van der Waals surface area contributed by atoms with Gasteiger partial charge in [-0.3, -0.25) is 9.59 Å². The number of aromatic hydroxyl groups is 3. The van der Waals surface area contributed by atoms with E-state index in [4.69, 9.17) is 9.84 Å². The third-order valence-corrected chi connectivity index (χ3v) is 6.92. The molecule has 1 aliphatic carbocycles. The van der Waals surface area contributed by atoms with Crippen molar-refractivity contribution < 1.29 is 34.8 Å². The standard InChI is InChI=1S/C26H40O7/c1-25(2,24(31)32)13-9-5-3-7-11-19-17-21(28)23(30)20(22(19)29)12-8-4-6-10-14-26(15-16-26)33-18-27/h17-18,28-30H,3-16H2,1-2H3,(H,31,32). The van der Waals surface area contributed by atoms with Gasteiger partial charge in [-0.15, -0.1) is 0 Å². The van der Waals surface area contributed by atoms with Crippen molar-refractivity contribution in [3.05, 3.63) is 17.2 Å². The van der Waals surface area contributed by atoms with E-state index in [9.17, 15) is 24.9 Å². The molecule has 0 atom stereocenters. The first-order chi connectivity index (χ1) is 15.6. The Bertz CT molecular complexity index is 796. The van der Waals surface area contributed by atoms with Crippen LogP contribution in [-0.2, 0) is 27.2 Å². The van der Waals surface area contributed by atoms with E-state index < -0.39 is 11.4 Å². The van der Waals surface area contributed by atoms with Crippen LogP contribution in [0.1, 0.15) is 102 Å². The Labute approximate surface area is 196 Å². The molecule has 1 saturated carbocycles. The lowest BCUT2D eigenvalue weighted by Crippen LogP contribution is -2.23. The Kier molecular flexibility index (Phi) is 9.87. The van der Waals surface area contributed by atoms with Crippen LogP contribution >= 0.6 is 0 Å². The van der Waals surface area contributed by atoms with Gasteiger partial charge in [0.25, 0.3) is 6.47 Å². The topological polar surface area (TPSA) is 124 Å². The van der Waals surface area contributed by atoms with Crippen molar-refractivity contribution in [2.24, 2.45) is 5.41 Å². The first-order valence-electron chi connectivity index (χ1n) is 12.2. The summed E-state index contributed by atoms with van der Waals surface area (Å²) < 4.78 is 5.15. The molecule has 7 nitrogen and oxygen atoms in total. The number of carbonyl (C=O) groups is 2. The number of ether oxygens (including phenoxy) is 1. The molecule has 186 valence electrons. The second kappa shape index (κ2) is 12.1. The van der Waals surface area contributed by atoms with E-state index in [2.05, 4.69) is 0 Å². The second-order valence-corrected chi connectivity index (χ2v) is 10.1. The molecule has 1 aromatic rings. The highest BCUT2D eigenvalue weighted by Gasteiger charge is 2.44. The Hall–Kier alpha value is -2.44. The quantitative estimate of drug-likeness (QED) is 0.102. The van der Waals surface area contributed by atoms with Gasteiger partial charge in [0.15, 0.2) is 11.5 Å². The van der Waals surface area contributed by atoms with Crippen molar-refractivity contribution in [2.75, 3.05) is 0 Å². The van der Waals surface area contributed by atoms with Crippen LogP contribution < -0.4 is 0 Å². The van der Waals surface area contributed by atoms with Crippen LogP contribution in [0.4, 0.5) is 0 Å². The van der Waals surface area contributed by atoms with Gasteiger partial charge in [0.2, 0.25) is 0 Å². The van der Waals surface area contributed by atoms with Crippen LogP contribution in [0.15, 0.2) is 6.07 Å². The van der Waals surface area contributed by atoms with Crippen molar-refractivity contribution >= 4 is 12.4 Å². The number of carboxylic acid groups (broad SMARTS) is 1. The van der Waals surface area contributed by atoms with E-state index in [1.165, 1.54) is 6.07 Å². The lowest BCUT2D eigenvalue weighted by atomic mass is 9.87. The van der Waals surface area contributed by atoms with Gasteiger partial charge in [-0.2, -0.15) is 0 Å². The highest BCUT2D eigenvalue weighted by atomic mass is 16.5. The molecule has 0 radical (unpaired) electrons. The molecule has 0 unspecified atom stereocenters. The van der Waals surface area contributed by atoms with E-state index in [0.717, 1.165) is 70.6 Å². The third-order valence-electron chi connectivity index (χ3n) is 6.92. The molecular weight excluding hydrogens is 424 g/mol. The van der Waals surface area contributed by atoms with Crippen molar-refractivity contribution in [2.45, 2.75) is 109 Å². The maximum Gasteiger partial charge on any atom is 0.309 e. The number of hydrogen-bond donors (Lipinski definition) is 4. The average Bonchev–Trinajstić information content (AvgIpc) is 3.52. The minimum Gasteiger partial charge on any atom is -0.507 e. The number of carbonyl (C=O) groups excluding carboxylic acids is 1. The van der Waals surface area contributed by atoms with Crippen LogP contribution in [0.2, 0.25) is 0 Å². The predicted molar refractivity (Wildman–Crippen MR) is 126 cm³/mol. The zero-order valence-electron chi connectivity index (χ0n) is 20.1. The summed E-state index contributed by atoms with van der Waals surface area (Å²) in [6, 6.07) is 1.43. The molecule has 0 aromatic heterocycles. The van der Waals surface area contributed by atoms with Gasteiger partial charge >= 0.3 is 5.97 Å². The number of benzene rings is 1. The van der Waals surface area contributed by atoms with Crippen LogP contribution in [0.25, 0.3) is 0 Å². The fraction of sp³-hybridized carbons (Fsp3) is 0.692. The molecular formula is C26H40O7. The number of unbranched alkanes of at least 4 members (excludes halogenated alkanes) is 6. The van der Waals surface area contributed by atoms with Crippen LogP contribution in [0.5, 0.6) is 17.2 Å². The minimum absolute atomic E-state index is 0.0635. The number of rotatable bonds is 17. The largest absolute Gasteiger partial charge is 0.507 e.